The molecule has 0 aliphatic rings. The molecule has 0 saturated heterocycles. The van der Waals surface area contributed by atoms with Crippen LogP contribution in [0.15, 0.2) is 36.8 Å². The van der Waals surface area contributed by atoms with Gasteiger partial charge >= 0.3 is 6.09 Å². The normalized spacial score (nSPS) is 13.2. The molecule has 1 aromatic carbocycles. The van der Waals surface area contributed by atoms with Crippen LogP contribution in [0.3, 0.4) is 0 Å². The van der Waals surface area contributed by atoms with Crippen LogP contribution in [0.2, 0.25) is 0 Å². The second-order valence-corrected chi connectivity index (χ2v) is 8.06. The molecule has 2 aromatic heterocycles. The molecule has 148 valence electrons. The summed E-state index contributed by atoms with van der Waals surface area (Å²) in [6.07, 6.45) is 4.77. The van der Waals surface area contributed by atoms with Gasteiger partial charge in [-0.15, -0.1) is 0 Å². The number of aromatic nitrogens is 5. The minimum absolute atomic E-state index is 0.0212. The third-order valence-corrected chi connectivity index (χ3v) is 4.24. The molecule has 2 N–H and O–H groups in total. The van der Waals surface area contributed by atoms with E-state index in [1.807, 2.05) is 52.0 Å². The van der Waals surface area contributed by atoms with Crippen LogP contribution in [0, 0.1) is 5.41 Å². The summed E-state index contributed by atoms with van der Waals surface area (Å²) in [5, 5.41) is 15.2. The third-order valence-electron chi connectivity index (χ3n) is 4.24. The lowest BCUT2D eigenvalue weighted by atomic mass is 9.99. The fourth-order valence-corrected chi connectivity index (χ4v) is 2.66. The monoisotopic (exact) mass is 382 g/mol. The summed E-state index contributed by atoms with van der Waals surface area (Å²) < 4.78 is 5.32. The summed E-state index contributed by atoms with van der Waals surface area (Å²) in [6.45, 7) is 8.48. The average Bonchev–Trinajstić information content (AvgIpc) is 3.32. The molecule has 8 heteroatoms. The Morgan fingerprint density at radius 1 is 1.32 bits per heavy atom. The maximum atomic E-state index is 12.1. The van der Waals surface area contributed by atoms with E-state index in [2.05, 4.69) is 25.4 Å². The number of carbonyl (C=O) groups is 1. The van der Waals surface area contributed by atoms with Gasteiger partial charge in [0.15, 0.2) is 5.82 Å². The molecule has 0 radical (unpaired) electrons. The maximum Gasteiger partial charge on any atom is 0.413 e. The Morgan fingerprint density at radius 2 is 2.11 bits per heavy atom. The number of carbonyl (C=O) groups excluding carboxylic acids is 1. The van der Waals surface area contributed by atoms with Crippen molar-refractivity contribution in [2.45, 2.75) is 33.6 Å². The molecule has 0 aliphatic heterocycles. The van der Waals surface area contributed by atoms with E-state index in [1.165, 1.54) is 11.2 Å². The summed E-state index contributed by atoms with van der Waals surface area (Å²) in [6, 6.07) is 5.92. The number of hydrogen-bond acceptors (Lipinski definition) is 5. The van der Waals surface area contributed by atoms with Crippen molar-refractivity contribution in [1.82, 2.24) is 30.3 Å². The Bertz CT molecular complexity index is 968. The second kappa shape index (κ2) is 7.84. The smallest absolute Gasteiger partial charge is 0.413 e. The number of fused-ring (bicyclic) bond motifs is 1. The van der Waals surface area contributed by atoms with Crippen molar-refractivity contribution in [3.8, 4) is 11.4 Å². The van der Waals surface area contributed by atoms with Crippen molar-refractivity contribution in [3.05, 3.63) is 42.5 Å². The van der Waals surface area contributed by atoms with Gasteiger partial charge in [0.2, 0.25) is 0 Å². The highest BCUT2D eigenvalue weighted by molar-refractivity contribution is 5.86. The minimum Gasteiger partial charge on any atom is -0.449 e. The average molecular weight is 382 g/mol. The van der Waals surface area contributed by atoms with Gasteiger partial charge in [0.25, 0.3) is 0 Å². The zero-order valence-corrected chi connectivity index (χ0v) is 16.9. The highest BCUT2D eigenvalue weighted by Crippen LogP contribution is 2.27. The highest BCUT2D eigenvalue weighted by atomic mass is 16.6. The Hall–Kier alpha value is -3.16. The number of nitrogens with one attached hydrogen (secondary N) is 2. The molecule has 0 aliphatic carbocycles. The number of amides is 1. The summed E-state index contributed by atoms with van der Waals surface area (Å²) in [5.41, 5.74) is 2.70. The summed E-state index contributed by atoms with van der Waals surface area (Å²) in [7, 11) is 1.68. The quantitative estimate of drug-likeness (QED) is 0.692. The molecule has 0 spiro atoms. The van der Waals surface area contributed by atoms with E-state index < -0.39 is 0 Å². The lowest BCUT2D eigenvalue weighted by molar-refractivity contribution is 0.0880. The first-order valence-corrected chi connectivity index (χ1v) is 9.16. The van der Waals surface area contributed by atoms with Gasteiger partial charge in [0.05, 0.1) is 12.1 Å². The summed E-state index contributed by atoms with van der Waals surface area (Å²) in [4.78, 5) is 17.7. The highest BCUT2D eigenvalue weighted by Gasteiger charge is 2.16. The molecule has 0 bridgehead atoms. The number of allylic oxidation sites excluding steroid dienone is 1. The number of benzene rings is 1. The van der Waals surface area contributed by atoms with Crippen LogP contribution >= 0.6 is 0 Å². The minimum atomic E-state index is -0.375. The van der Waals surface area contributed by atoms with Gasteiger partial charge in [-0.25, -0.2) is 9.78 Å². The molecule has 28 heavy (non-hydrogen) atoms. The van der Waals surface area contributed by atoms with E-state index in [4.69, 9.17) is 4.74 Å². The van der Waals surface area contributed by atoms with Crippen LogP contribution in [0.1, 0.15) is 39.3 Å². The van der Waals surface area contributed by atoms with Crippen molar-refractivity contribution in [2.75, 3.05) is 13.7 Å². The van der Waals surface area contributed by atoms with Crippen LogP contribution in [-0.4, -0.2) is 50.0 Å². The lowest BCUT2D eigenvalue weighted by Gasteiger charge is -2.20. The first kappa shape index (κ1) is 19.6. The first-order valence-electron chi connectivity index (χ1n) is 9.16. The first-order chi connectivity index (χ1) is 13.2. The van der Waals surface area contributed by atoms with Gasteiger partial charge in [0.1, 0.15) is 6.33 Å². The van der Waals surface area contributed by atoms with Crippen LogP contribution in [0.4, 0.5) is 4.79 Å². The van der Waals surface area contributed by atoms with E-state index in [9.17, 15) is 4.79 Å². The molecular weight excluding hydrogens is 356 g/mol. The maximum absolute atomic E-state index is 12.1. The van der Waals surface area contributed by atoms with Gasteiger partial charge in [-0.3, -0.25) is 15.1 Å². The number of ether oxygens (including phenoxy) is 1. The second-order valence-electron chi connectivity index (χ2n) is 8.06. The predicted molar refractivity (Wildman–Crippen MR) is 108 cm³/mol. The largest absolute Gasteiger partial charge is 0.449 e. The van der Waals surface area contributed by atoms with Crippen molar-refractivity contribution < 1.29 is 9.53 Å². The third kappa shape index (κ3) is 4.57. The topological polar surface area (TPSA) is 99.8 Å². The van der Waals surface area contributed by atoms with Gasteiger partial charge in [-0.1, -0.05) is 33.8 Å². The Kier molecular flexibility index (Phi) is 5.48. The molecule has 3 rings (SSSR count). The molecule has 0 saturated carbocycles. The molecule has 1 amide bonds. The molecule has 8 nitrogen and oxygen atoms in total. The van der Waals surface area contributed by atoms with Gasteiger partial charge in [0, 0.05) is 35.8 Å². The standard InChI is InChI=1S/C20H26N6O2/c1-13(8-9-26(5)19(27)28-11-20(2,3)4)17-15-10-14(18-21-12-22-25-18)6-7-16(15)23-24-17/h6-10,12-13H,11H2,1-5H3,(H,23,24)(H,21,22,25)/b9-8+. The molecule has 3 aromatic rings. The zero-order chi connectivity index (χ0) is 20.3. The van der Waals surface area contributed by atoms with Gasteiger partial charge in [-0.2, -0.15) is 10.2 Å². The lowest BCUT2D eigenvalue weighted by Crippen LogP contribution is -2.26. The molecule has 0 fully saturated rings. The van der Waals surface area contributed by atoms with Gasteiger partial charge in [-0.05, 0) is 23.6 Å². The van der Waals surface area contributed by atoms with E-state index in [0.717, 1.165) is 22.2 Å². The fourth-order valence-electron chi connectivity index (χ4n) is 2.66. The van der Waals surface area contributed by atoms with Crippen molar-refractivity contribution in [3.63, 3.8) is 0 Å². The number of H-pyrrole nitrogens is 2. The Balaban J connectivity index is 1.74. The van der Waals surface area contributed by atoms with Crippen molar-refractivity contribution >= 4 is 17.0 Å². The van der Waals surface area contributed by atoms with E-state index in [1.54, 1.807) is 13.2 Å². The summed E-state index contributed by atoms with van der Waals surface area (Å²) in [5.74, 6) is 0.728. The molecular formula is C20H26N6O2. The van der Waals surface area contributed by atoms with Crippen molar-refractivity contribution in [2.24, 2.45) is 5.41 Å². The van der Waals surface area contributed by atoms with Crippen molar-refractivity contribution in [1.29, 1.82) is 0 Å². The van der Waals surface area contributed by atoms with Crippen LogP contribution < -0.4 is 0 Å². The Labute approximate surface area is 164 Å². The van der Waals surface area contributed by atoms with E-state index in [0.29, 0.717) is 12.4 Å². The fraction of sp³-hybridized carbons (Fsp3) is 0.400. The van der Waals surface area contributed by atoms with Crippen LogP contribution in [0.25, 0.3) is 22.3 Å². The van der Waals surface area contributed by atoms with E-state index in [-0.39, 0.29) is 17.4 Å². The SMILES string of the molecule is CC(/C=C/N(C)C(=O)OCC(C)(C)C)c1[nH]nc2ccc(-c3ncn[nH]3)cc12. The predicted octanol–water partition coefficient (Wildman–Crippen LogP) is 4.08. The number of rotatable bonds is 5. The van der Waals surface area contributed by atoms with Crippen LogP contribution in [0.5, 0.6) is 0 Å². The number of nitrogens with zero attached hydrogens (tertiary/aromatic N) is 4. The summed E-state index contributed by atoms with van der Waals surface area (Å²) >= 11 is 0. The molecule has 2 heterocycles. The van der Waals surface area contributed by atoms with E-state index >= 15 is 0 Å². The number of hydrogen-bond donors (Lipinski definition) is 2. The van der Waals surface area contributed by atoms with Crippen LogP contribution in [-0.2, 0) is 4.74 Å². The molecule has 1 unspecified atom stereocenters. The molecule has 1 atom stereocenters. The number of aromatic amines is 2. The Morgan fingerprint density at radius 3 is 2.79 bits per heavy atom. The van der Waals surface area contributed by atoms with Gasteiger partial charge < -0.3 is 4.74 Å². The zero-order valence-electron chi connectivity index (χ0n) is 16.9.